The van der Waals surface area contributed by atoms with Gasteiger partial charge in [0.25, 0.3) is 11.5 Å². The van der Waals surface area contributed by atoms with Crippen molar-refractivity contribution < 1.29 is 9.59 Å². The van der Waals surface area contributed by atoms with Gasteiger partial charge in [-0.3, -0.25) is 23.5 Å². The molecule has 0 unspecified atom stereocenters. The molecule has 2 amide bonds. The summed E-state index contributed by atoms with van der Waals surface area (Å²) in [5.74, 6) is -0.420. The van der Waals surface area contributed by atoms with Crippen LogP contribution in [0.4, 0.5) is 5.69 Å². The van der Waals surface area contributed by atoms with Crippen LogP contribution < -0.4 is 21.9 Å². The first-order valence-electron chi connectivity index (χ1n) is 13.8. The summed E-state index contributed by atoms with van der Waals surface area (Å²) in [6.07, 6.45) is 4.74. The van der Waals surface area contributed by atoms with Gasteiger partial charge < -0.3 is 10.6 Å². The van der Waals surface area contributed by atoms with Crippen molar-refractivity contribution in [2.45, 2.75) is 71.0 Å². The maximum Gasteiger partial charge on any atom is 0.331 e. The third-order valence-corrected chi connectivity index (χ3v) is 8.13. The van der Waals surface area contributed by atoms with Crippen molar-refractivity contribution in [2.75, 3.05) is 5.32 Å². The van der Waals surface area contributed by atoms with Gasteiger partial charge in [-0.05, 0) is 88.3 Å². The van der Waals surface area contributed by atoms with Crippen molar-refractivity contribution in [3.63, 3.8) is 0 Å². The van der Waals surface area contributed by atoms with Crippen LogP contribution in [0.1, 0.15) is 74.3 Å². The van der Waals surface area contributed by atoms with Crippen LogP contribution in [0.15, 0.2) is 46.0 Å². The van der Waals surface area contributed by atoms with E-state index in [4.69, 9.17) is 16.9 Å². The second-order valence-electron chi connectivity index (χ2n) is 11.2. The van der Waals surface area contributed by atoms with E-state index in [-0.39, 0.29) is 46.1 Å². The fourth-order valence-electron chi connectivity index (χ4n) is 5.50. The molecule has 1 aromatic heterocycles. The van der Waals surface area contributed by atoms with Gasteiger partial charge in [0.1, 0.15) is 6.07 Å². The van der Waals surface area contributed by atoms with Crippen LogP contribution in [0.5, 0.6) is 0 Å². The molecule has 2 fully saturated rings. The van der Waals surface area contributed by atoms with E-state index in [0.29, 0.717) is 53.0 Å². The summed E-state index contributed by atoms with van der Waals surface area (Å²) in [6, 6.07) is 11.3. The van der Waals surface area contributed by atoms with Gasteiger partial charge >= 0.3 is 5.69 Å². The van der Waals surface area contributed by atoms with E-state index in [1.807, 2.05) is 19.9 Å². The standard InChI is InChI=1S/C30H32ClN5O4/c1-17(2)36-26-11-10-23(14-24(26)29(39)35(30(36)40)16-18-6-7-18)34-27(37)19-4-3-5-22(12-19)33-28(38)20-8-9-21(15-32)25(31)13-20/h8-11,13-14,17-19,22H,3-7,12,16H2,1-2H3,(H,33,38)(H,34,37)/t19-,22+/m0/s1. The Morgan fingerprint density at radius 2 is 1.88 bits per heavy atom. The summed E-state index contributed by atoms with van der Waals surface area (Å²) >= 11 is 6.08. The molecule has 0 bridgehead atoms. The fourth-order valence-corrected chi connectivity index (χ4v) is 5.72. The van der Waals surface area contributed by atoms with Crippen LogP contribution in [0.3, 0.4) is 0 Å². The number of halogens is 1. The van der Waals surface area contributed by atoms with Crippen LogP contribution >= 0.6 is 11.6 Å². The van der Waals surface area contributed by atoms with Gasteiger partial charge in [-0.1, -0.05) is 18.0 Å². The Morgan fingerprint density at radius 3 is 2.55 bits per heavy atom. The minimum atomic E-state index is -0.330. The molecule has 0 aliphatic heterocycles. The Labute approximate surface area is 236 Å². The van der Waals surface area contributed by atoms with Gasteiger partial charge in [-0.25, -0.2) is 4.79 Å². The van der Waals surface area contributed by atoms with Crippen molar-refractivity contribution in [3.8, 4) is 6.07 Å². The molecule has 3 aromatic rings. The van der Waals surface area contributed by atoms with Gasteiger partial charge in [0.2, 0.25) is 5.91 Å². The molecule has 9 nitrogen and oxygen atoms in total. The molecule has 2 saturated carbocycles. The number of benzene rings is 2. The molecule has 2 aromatic carbocycles. The number of anilines is 1. The van der Waals surface area contributed by atoms with Crippen molar-refractivity contribution in [1.29, 1.82) is 5.26 Å². The quantitative estimate of drug-likeness (QED) is 0.436. The van der Waals surface area contributed by atoms with Gasteiger partial charge in [0.05, 0.1) is 21.5 Å². The summed E-state index contributed by atoms with van der Waals surface area (Å²) in [6.45, 7) is 4.24. The van der Waals surface area contributed by atoms with Crippen molar-refractivity contribution in [1.82, 2.24) is 14.5 Å². The molecular weight excluding hydrogens is 530 g/mol. The minimum absolute atomic E-state index is 0.129. The van der Waals surface area contributed by atoms with Gasteiger partial charge in [0, 0.05) is 35.8 Å². The summed E-state index contributed by atoms with van der Waals surface area (Å²) in [7, 11) is 0. The molecule has 5 rings (SSSR count). The van der Waals surface area contributed by atoms with Gasteiger partial charge in [0.15, 0.2) is 0 Å². The zero-order valence-electron chi connectivity index (χ0n) is 22.6. The van der Waals surface area contributed by atoms with E-state index in [2.05, 4.69) is 10.6 Å². The third-order valence-electron chi connectivity index (χ3n) is 7.82. The Morgan fingerprint density at radius 1 is 1.10 bits per heavy atom. The predicted octanol–water partition coefficient (Wildman–Crippen LogP) is 4.61. The minimum Gasteiger partial charge on any atom is -0.349 e. The number of nitrogens with one attached hydrogen (secondary N) is 2. The SMILES string of the molecule is CC(C)n1c(=O)n(CC2CC2)c(=O)c2cc(NC(=O)[C@H]3CCC[C@@H](NC(=O)c4ccc(C#N)c(Cl)c4)C3)ccc21. The van der Waals surface area contributed by atoms with Crippen molar-refractivity contribution >= 4 is 40.0 Å². The van der Waals surface area contributed by atoms with Crippen LogP contribution in [0, 0.1) is 23.2 Å². The highest BCUT2D eigenvalue weighted by Crippen LogP contribution is 2.30. The number of amides is 2. The van der Waals surface area contributed by atoms with Crippen LogP contribution in [-0.4, -0.2) is 27.0 Å². The van der Waals surface area contributed by atoms with Crippen LogP contribution in [-0.2, 0) is 11.3 Å². The van der Waals surface area contributed by atoms with E-state index in [9.17, 15) is 19.2 Å². The third kappa shape index (κ3) is 5.68. The molecule has 40 heavy (non-hydrogen) atoms. The number of hydrogen-bond donors (Lipinski definition) is 2. The highest BCUT2D eigenvalue weighted by molar-refractivity contribution is 6.32. The highest BCUT2D eigenvalue weighted by atomic mass is 35.5. The first-order valence-corrected chi connectivity index (χ1v) is 14.1. The highest BCUT2D eigenvalue weighted by Gasteiger charge is 2.29. The number of hydrogen-bond acceptors (Lipinski definition) is 5. The number of nitrogens with zero attached hydrogens (tertiary/aromatic N) is 3. The van der Waals surface area contributed by atoms with Crippen LogP contribution in [0.25, 0.3) is 10.9 Å². The number of carbonyl (C=O) groups is 2. The van der Waals surface area contributed by atoms with E-state index >= 15 is 0 Å². The van der Waals surface area contributed by atoms with E-state index in [1.165, 1.54) is 16.7 Å². The Kier molecular flexibility index (Phi) is 7.81. The molecule has 1 heterocycles. The fraction of sp³-hybridized carbons (Fsp3) is 0.433. The van der Waals surface area contributed by atoms with Crippen molar-refractivity contribution in [2.24, 2.45) is 11.8 Å². The molecule has 208 valence electrons. The van der Waals surface area contributed by atoms with E-state index < -0.39 is 0 Å². The first kappa shape index (κ1) is 27.7. The van der Waals surface area contributed by atoms with E-state index in [1.54, 1.807) is 28.8 Å². The largest absolute Gasteiger partial charge is 0.349 e. The number of aromatic nitrogens is 2. The zero-order chi connectivity index (χ0) is 28.6. The number of nitriles is 1. The summed E-state index contributed by atoms with van der Waals surface area (Å²) in [4.78, 5) is 52.5. The molecule has 10 heteroatoms. The zero-order valence-corrected chi connectivity index (χ0v) is 23.3. The smallest absolute Gasteiger partial charge is 0.331 e. The molecule has 2 atom stereocenters. The predicted molar refractivity (Wildman–Crippen MR) is 154 cm³/mol. The second kappa shape index (κ2) is 11.3. The molecule has 0 saturated heterocycles. The molecule has 0 radical (unpaired) electrons. The lowest BCUT2D eigenvalue weighted by molar-refractivity contribution is -0.121. The molecule has 0 spiro atoms. The molecule has 2 N–H and O–H groups in total. The normalized spacial score (nSPS) is 18.9. The van der Waals surface area contributed by atoms with Gasteiger partial charge in [-0.2, -0.15) is 5.26 Å². The Bertz CT molecular complexity index is 1650. The Balaban J connectivity index is 1.31. The van der Waals surface area contributed by atoms with Gasteiger partial charge in [-0.15, -0.1) is 0 Å². The second-order valence-corrected chi connectivity index (χ2v) is 11.6. The maximum atomic E-state index is 13.3. The average Bonchev–Trinajstić information content (AvgIpc) is 3.75. The number of carbonyl (C=O) groups excluding carboxylic acids is 2. The number of fused-ring (bicyclic) bond motifs is 1. The molecule has 2 aliphatic rings. The Hall–Kier alpha value is -3.90. The number of rotatable bonds is 7. The van der Waals surface area contributed by atoms with Crippen LogP contribution in [0.2, 0.25) is 5.02 Å². The molecule has 2 aliphatic carbocycles. The van der Waals surface area contributed by atoms with Crippen molar-refractivity contribution in [3.05, 3.63) is 73.4 Å². The molecular formula is C30H32ClN5O4. The topological polar surface area (TPSA) is 126 Å². The summed E-state index contributed by atoms with van der Waals surface area (Å²) in [5.41, 5.74) is 1.09. The lowest BCUT2D eigenvalue weighted by Crippen LogP contribution is -2.41. The lowest BCUT2D eigenvalue weighted by atomic mass is 9.85. The average molecular weight is 562 g/mol. The lowest BCUT2D eigenvalue weighted by Gasteiger charge is -2.29. The monoisotopic (exact) mass is 561 g/mol. The summed E-state index contributed by atoms with van der Waals surface area (Å²) in [5, 5.41) is 15.6. The first-order chi connectivity index (χ1) is 19.2. The summed E-state index contributed by atoms with van der Waals surface area (Å²) < 4.78 is 2.97. The van der Waals surface area contributed by atoms with E-state index in [0.717, 1.165) is 25.7 Å². The maximum absolute atomic E-state index is 13.3.